The molecule has 1 amide bonds. The number of furan rings is 1. The Morgan fingerprint density at radius 3 is 2.17 bits per heavy atom. The molecule has 146 valence electrons. The van der Waals surface area contributed by atoms with Gasteiger partial charge in [-0.05, 0) is 24.3 Å². The first kappa shape index (κ1) is 17.9. The SMILES string of the molecule is O=C(c1c2ccccc2nc2ccccc12)N1CC(S(=O)(=O)Cc2ccco2)C1. The Kier molecular flexibility index (Phi) is 4.13. The summed E-state index contributed by atoms with van der Waals surface area (Å²) in [7, 11) is -3.38. The van der Waals surface area contributed by atoms with Gasteiger partial charge in [-0.25, -0.2) is 13.4 Å². The van der Waals surface area contributed by atoms with E-state index >= 15 is 0 Å². The highest BCUT2D eigenvalue weighted by atomic mass is 32.2. The molecule has 0 N–H and O–H groups in total. The van der Waals surface area contributed by atoms with Gasteiger partial charge >= 0.3 is 0 Å². The quantitative estimate of drug-likeness (QED) is 0.485. The van der Waals surface area contributed by atoms with E-state index in [1.807, 2.05) is 48.5 Å². The van der Waals surface area contributed by atoms with Crippen LogP contribution in [0.3, 0.4) is 0 Å². The average molecular weight is 406 g/mol. The molecule has 0 bridgehead atoms. The minimum Gasteiger partial charge on any atom is -0.468 e. The van der Waals surface area contributed by atoms with Crippen molar-refractivity contribution in [2.24, 2.45) is 0 Å². The molecule has 0 atom stereocenters. The Morgan fingerprint density at radius 2 is 1.59 bits per heavy atom. The van der Waals surface area contributed by atoms with Gasteiger partial charge in [0.15, 0.2) is 9.84 Å². The van der Waals surface area contributed by atoms with E-state index in [1.165, 1.54) is 6.26 Å². The van der Waals surface area contributed by atoms with E-state index in [4.69, 9.17) is 4.42 Å². The second-order valence-corrected chi connectivity index (χ2v) is 9.52. The minimum atomic E-state index is -3.38. The zero-order valence-electron chi connectivity index (χ0n) is 15.5. The van der Waals surface area contributed by atoms with Crippen LogP contribution in [0.2, 0.25) is 0 Å². The van der Waals surface area contributed by atoms with E-state index in [0.29, 0.717) is 11.3 Å². The largest absolute Gasteiger partial charge is 0.468 e. The van der Waals surface area contributed by atoms with Crippen LogP contribution in [0, 0.1) is 0 Å². The van der Waals surface area contributed by atoms with Crippen molar-refractivity contribution in [3.05, 3.63) is 78.3 Å². The Balaban J connectivity index is 1.45. The maximum Gasteiger partial charge on any atom is 0.255 e. The predicted molar refractivity (Wildman–Crippen MR) is 110 cm³/mol. The lowest BCUT2D eigenvalue weighted by Crippen LogP contribution is -2.57. The molecule has 29 heavy (non-hydrogen) atoms. The van der Waals surface area contributed by atoms with Gasteiger partial charge in [-0.2, -0.15) is 0 Å². The zero-order valence-corrected chi connectivity index (χ0v) is 16.3. The van der Waals surface area contributed by atoms with Crippen molar-refractivity contribution in [1.82, 2.24) is 9.88 Å². The van der Waals surface area contributed by atoms with Crippen LogP contribution < -0.4 is 0 Å². The van der Waals surface area contributed by atoms with Crippen LogP contribution in [0.25, 0.3) is 21.8 Å². The Bertz CT molecular complexity index is 1270. The molecule has 0 unspecified atom stereocenters. The lowest BCUT2D eigenvalue weighted by molar-refractivity contribution is 0.0663. The van der Waals surface area contributed by atoms with Gasteiger partial charge in [0, 0.05) is 23.9 Å². The summed E-state index contributed by atoms with van der Waals surface area (Å²) < 4.78 is 30.4. The van der Waals surface area contributed by atoms with E-state index in [9.17, 15) is 13.2 Å². The monoisotopic (exact) mass is 406 g/mol. The summed E-state index contributed by atoms with van der Waals surface area (Å²) in [6.07, 6.45) is 1.46. The highest BCUT2D eigenvalue weighted by Gasteiger charge is 2.41. The first-order chi connectivity index (χ1) is 14.0. The van der Waals surface area contributed by atoms with Crippen molar-refractivity contribution in [3.8, 4) is 0 Å². The predicted octanol–water partition coefficient (Wildman–Crippen LogP) is 3.42. The fraction of sp³-hybridized carbons (Fsp3) is 0.182. The Labute approximate surface area is 167 Å². The van der Waals surface area contributed by atoms with Crippen LogP contribution in [-0.2, 0) is 15.6 Å². The second-order valence-electron chi connectivity index (χ2n) is 7.24. The third-order valence-electron chi connectivity index (χ3n) is 5.37. The van der Waals surface area contributed by atoms with Crippen LogP contribution in [0.4, 0.5) is 0 Å². The smallest absolute Gasteiger partial charge is 0.255 e. The van der Waals surface area contributed by atoms with Gasteiger partial charge in [0.05, 0.1) is 28.1 Å². The highest BCUT2D eigenvalue weighted by Crippen LogP contribution is 2.30. The van der Waals surface area contributed by atoms with Crippen LogP contribution in [0.5, 0.6) is 0 Å². The summed E-state index contributed by atoms with van der Waals surface area (Å²) in [5.74, 6) is 0.110. The number of benzene rings is 2. The number of carbonyl (C=O) groups excluding carboxylic acids is 1. The number of nitrogens with zero attached hydrogens (tertiary/aromatic N) is 2. The first-order valence-electron chi connectivity index (χ1n) is 9.34. The number of likely N-dealkylation sites (tertiary alicyclic amines) is 1. The Morgan fingerprint density at radius 1 is 0.966 bits per heavy atom. The molecule has 3 heterocycles. The van der Waals surface area contributed by atoms with E-state index < -0.39 is 15.1 Å². The summed E-state index contributed by atoms with van der Waals surface area (Å²) in [5.41, 5.74) is 2.07. The topological polar surface area (TPSA) is 80.5 Å². The summed E-state index contributed by atoms with van der Waals surface area (Å²) in [4.78, 5) is 19.6. The molecule has 6 nitrogen and oxygen atoms in total. The van der Waals surface area contributed by atoms with Crippen molar-refractivity contribution in [2.45, 2.75) is 11.0 Å². The zero-order chi connectivity index (χ0) is 20.0. The van der Waals surface area contributed by atoms with Gasteiger partial charge in [-0.3, -0.25) is 4.79 Å². The number of hydrogen-bond donors (Lipinski definition) is 0. The summed E-state index contributed by atoms with van der Waals surface area (Å²) in [6.45, 7) is 0.375. The molecule has 0 radical (unpaired) electrons. The van der Waals surface area contributed by atoms with Crippen molar-refractivity contribution in [3.63, 3.8) is 0 Å². The van der Waals surface area contributed by atoms with Crippen LogP contribution in [0.1, 0.15) is 16.1 Å². The van der Waals surface area contributed by atoms with Gasteiger partial charge < -0.3 is 9.32 Å². The normalized spacial score (nSPS) is 15.0. The number of fused-ring (bicyclic) bond motifs is 2. The third kappa shape index (κ3) is 3.07. The van der Waals surface area contributed by atoms with Gasteiger partial charge in [0.2, 0.25) is 0 Å². The molecule has 0 spiro atoms. The number of pyridine rings is 1. The van der Waals surface area contributed by atoms with Crippen molar-refractivity contribution in [2.75, 3.05) is 13.1 Å². The molecule has 0 aliphatic carbocycles. The maximum atomic E-state index is 13.3. The molecule has 1 fully saturated rings. The van der Waals surface area contributed by atoms with Gasteiger partial charge in [-0.15, -0.1) is 0 Å². The van der Waals surface area contributed by atoms with Crippen molar-refractivity contribution >= 4 is 37.6 Å². The molecule has 1 aliphatic rings. The molecule has 0 saturated carbocycles. The fourth-order valence-electron chi connectivity index (χ4n) is 3.77. The molecule has 7 heteroatoms. The fourth-order valence-corrected chi connectivity index (χ4v) is 5.38. The van der Waals surface area contributed by atoms with Crippen LogP contribution in [-0.4, -0.2) is 42.5 Å². The van der Waals surface area contributed by atoms with Crippen LogP contribution >= 0.6 is 0 Å². The van der Waals surface area contributed by atoms with Crippen molar-refractivity contribution in [1.29, 1.82) is 0 Å². The maximum absolute atomic E-state index is 13.3. The standard InChI is InChI=1S/C22H18N2O4S/c25-22(24-12-16(13-24)29(26,27)14-15-6-5-11-28-15)21-17-7-1-3-9-19(17)23-20-10-4-2-8-18(20)21/h1-11,16H,12-14H2. The van der Waals surface area contributed by atoms with E-state index in [-0.39, 0.29) is 24.7 Å². The molecular formula is C22H18N2O4S. The number of para-hydroxylation sites is 2. The summed E-state index contributed by atoms with van der Waals surface area (Å²) in [5, 5.41) is 0.979. The van der Waals surface area contributed by atoms with Crippen molar-refractivity contribution < 1.29 is 17.6 Å². The lowest BCUT2D eigenvalue weighted by atomic mass is 10.00. The molecule has 4 aromatic rings. The van der Waals surface area contributed by atoms with E-state index in [2.05, 4.69) is 4.98 Å². The highest BCUT2D eigenvalue weighted by molar-refractivity contribution is 7.91. The van der Waals surface area contributed by atoms with E-state index in [1.54, 1.807) is 17.0 Å². The lowest BCUT2D eigenvalue weighted by Gasteiger charge is -2.38. The van der Waals surface area contributed by atoms with Crippen LogP contribution in [0.15, 0.2) is 71.3 Å². The van der Waals surface area contributed by atoms with Gasteiger partial charge in [0.1, 0.15) is 11.5 Å². The molecule has 2 aromatic carbocycles. The number of rotatable bonds is 4. The molecular weight excluding hydrogens is 388 g/mol. The number of amides is 1. The van der Waals surface area contributed by atoms with E-state index in [0.717, 1.165) is 21.8 Å². The minimum absolute atomic E-state index is 0.145. The summed E-state index contributed by atoms with van der Waals surface area (Å²) in [6, 6.07) is 18.4. The van der Waals surface area contributed by atoms with Gasteiger partial charge in [0.25, 0.3) is 5.91 Å². The number of hydrogen-bond acceptors (Lipinski definition) is 5. The molecule has 1 saturated heterocycles. The molecule has 5 rings (SSSR count). The number of sulfone groups is 1. The third-order valence-corrected chi connectivity index (χ3v) is 7.37. The van der Waals surface area contributed by atoms with Gasteiger partial charge in [-0.1, -0.05) is 36.4 Å². The second kappa shape index (κ2) is 6.70. The molecule has 1 aliphatic heterocycles. The summed E-state index contributed by atoms with van der Waals surface area (Å²) >= 11 is 0. The Hall–Kier alpha value is -3.19. The molecule has 2 aromatic heterocycles. The average Bonchev–Trinajstić information content (AvgIpc) is 3.16. The first-order valence-corrected chi connectivity index (χ1v) is 11.1. The number of aromatic nitrogens is 1. The number of carbonyl (C=O) groups is 1.